The Kier molecular flexibility index (Phi) is 5.14. The zero-order valence-corrected chi connectivity index (χ0v) is 15.5. The zero-order chi connectivity index (χ0) is 18.3. The number of benzene rings is 2. The van der Waals surface area contributed by atoms with Crippen molar-refractivity contribution in [2.24, 2.45) is 5.92 Å². The largest absolute Gasteiger partial charge is 0.454 e. The number of amides is 2. The van der Waals surface area contributed by atoms with Crippen molar-refractivity contribution in [3.8, 4) is 11.5 Å². The van der Waals surface area contributed by atoms with Gasteiger partial charge in [-0.2, -0.15) is 0 Å². The molecule has 2 aromatic rings. The summed E-state index contributed by atoms with van der Waals surface area (Å²) in [6.45, 7) is 2.47. The molecule has 1 unspecified atom stereocenters. The van der Waals surface area contributed by atoms with Crippen LogP contribution in [0.15, 0.2) is 36.4 Å². The monoisotopic (exact) mass is 389 g/mol. The fraction of sp³-hybridized carbons (Fsp3) is 0.263. The molecule has 0 bridgehead atoms. The molecular formula is C19H20ClN3O4. The number of carbonyl (C=O) groups excluding carboxylic acids is 2. The number of aryl methyl sites for hydroxylation is 1. The molecule has 3 N–H and O–H groups in total. The van der Waals surface area contributed by atoms with Crippen molar-refractivity contribution in [3.63, 3.8) is 0 Å². The van der Waals surface area contributed by atoms with Crippen molar-refractivity contribution in [2.75, 3.05) is 29.3 Å². The minimum atomic E-state index is -0.436. The van der Waals surface area contributed by atoms with Crippen molar-refractivity contribution in [2.45, 2.75) is 13.3 Å². The Bertz CT molecular complexity index is 885. The van der Waals surface area contributed by atoms with Gasteiger partial charge in [-0.25, -0.2) is 0 Å². The van der Waals surface area contributed by atoms with Crippen LogP contribution >= 0.6 is 12.4 Å². The Labute approximate surface area is 162 Å². The summed E-state index contributed by atoms with van der Waals surface area (Å²) in [5, 5.41) is 2.81. The minimum absolute atomic E-state index is 0. The molecule has 27 heavy (non-hydrogen) atoms. The van der Waals surface area contributed by atoms with E-state index in [9.17, 15) is 9.59 Å². The van der Waals surface area contributed by atoms with E-state index in [0.29, 0.717) is 29.4 Å². The molecule has 2 amide bonds. The molecular weight excluding hydrogens is 370 g/mol. The highest BCUT2D eigenvalue weighted by Crippen LogP contribution is 2.38. The smallest absolute Gasteiger partial charge is 0.231 e. The van der Waals surface area contributed by atoms with Gasteiger partial charge in [0.2, 0.25) is 18.6 Å². The first-order valence-electron chi connectivity index (χ1n) is 8.38. The van der Waals surface area contributed by atoms with E-state index in [1.807, 2.05) is 31.2 Å². The molecule has 0 aromatic heterocycles. The number of hydrogen-bond donors (Lipinski definition) is 2. The van der Waals surface area contributed by atoms with E-state index in [-0.39, 0.29) is 37.4 Å². The second-order valence-electron chi connectivity index (χ2n) is 6.52. The van der Waals surface area contributed by atoms with Gasteiger partial charge >= 0.3 is 0 Å². The molecule has 2 aromatic carbocycles. The summed E-state index contributed by atoms with van der Waals surface area (Å²) in [6, 6.07) is 10.9. The fourth-order valence-corrected chi connectivity index (χ4v) is 3.16. The molecule has 8 heteroatoms. The van der Waals surface area contributed by atoms with Crippen LogP contribution in [0.3, 0.4) is 0 Å². The van der Waals surface area contributed by atoms with Crippen LogP contribution in [0.1, 0.15) is 12.0 Å². The number of rotatable bonds is 3. The molecule has 0 spiro atoms. The number of nitrogen functional groups attached to an aromatic ring is 1. The van der Waals surface area contributed by atoms with Gasteiger partial charge in [-0.15, -0.1) is 12.4 Å². The van der Waals surface area contributed by atoms with Crippen molar-refractivity contribution in [1.82, 2.24) is 0 Å². The van der Waals surface area contributed by atoms with Crippen LogP contribution in [-0.4, -0.2) is 25.2 Å². The lowest BCUT2D eigenvalue weighted by Crippen LogP contribution is -2.28. The third-order valence-corrected chi connectivity index (χ3v) is 4.64. The number of fused-ring (bicyclic) bond motifs is 1. The number of ether oxygens (including phenoxy) is 2. The van der Waals surface area contributed by atoms with E-state index in [0.717, 1.165) is 11.3 Å². The summed E-state index contributed by atoms with van der Waals surface area (Å²) < 4.78 is 10.6. The van der Waals surface area contributed by atoms with Gasteiger partial charge in [0, 0.05) is 30.8 Å². The Morgan fingerprint density at radius 1 is 1.19 bits per heavy atom. The molecule has 1 saturated heterocycles. The highest BCUT2D eigenvalue weighted by atomic mass is 35.5. The molecule has 142 valence electrons. The number of carbonyl (C=O) groups is 2. The van der Waals surface area contributed by atoms with Gasteiger partial charge in [0.25, 0.3) is 0 Å². The first-order valence-corrected chi connectivity index (χ1v) is 8.38. The molecule has 1 fully saturated rings. The molecule has 0 saturated carbocycles. The maximum absolute atomic E-state index is 12.6. The van der Waals surface area contributed by atoms with Crippen LogP contribution in [0.25, 0.3) is 0 Å². The van der Waals surface area contributed by atoms with Crippen molar-refractivity contribution in [1.29, 1.82) is 0 Å². The van der Waals surface area contributed by atoms with E-state index in [1.165, 1.54) is 0 Å². The summed E-state index contributed by atoms with van der Waals surface area (Å²) in [5.74, 6) is 0.361. The summed E-state index contributed by atoms with van der Waals surface area (Å²) >= 11 is 0. The first-order chi connectivity index (χ1) is 12.5. The number of nitrogens with zero attached hydrogens (tertiary/aromatic N) is 1. The van der Waals surface area contributed by atoms with Crippen LogP contribution in [0.4, 0.5) is 17.1 Å². The SMILES string of the molecule is Cc1ccc(N2CC(C(=O)Nc3cc4c(cc3N)OCO4)CC2=O)cc1.Cl. The van der Waals surface area contributed by atoms with Gasteiger partial charge in [0.05, 0.1) is 17.3 Å². The maximum atomic E-state index is 12.6. The minimum Gasteiger partial charge on any atom is -0.454 e. The highest BCUT2D eigenvalue weighted by Gasteiger charge is 2.35. The third-order valence-electron chi connectivity index (χ3n) is 4.64. The van der Waals surface area contributed by atoms with Crippen molar-refractivity contribution in [3.05, 3.63) is 42.0 Å². The number of anilines is 3. The van der Waals surface area contributed by atoms with Gasteiger partial charge in [0.1, 0.15) is 0 Å². The molecule has 1 atom stereocenters. The summed E-state index contributed by atoms with van der Waals surface area (Å²) in [5.41, 5.74) is 8.75. The van der Waals surface area contributed by atoms with Gasteiger partial charge < -0.3 is 25.4 Å². The number of hydrogen-bond acceptors (Lipinski definition) is 5. The lowest BCUT2D eigenvalue weighted by atomic mass is 10.1. The number of nitrogens with one attached hydrogen (secondary N) is 1. The molecule has 0 radical (unpaired) electrons. The van der Waals surface area contributed by atoms with Crippen molar-refractivity contribution >= 4 is 41.3 Å². The van der Waals surface area contributed by atoms with E-state index in [4.69, 9.17) is 15.2 Å². The van der Waals surface area contributed by atoms with Gasteiger partial charge in [-0.1, -0.05) is 17.7 Å². The Morgan fingerprint density at radius 2 is 1.85 bits per heavy atom. The topological polar surface area (TPSA) is 93.9 Å². The lowest BCUT2D eigenvalue weighted by molar-refractivity contribution is -0.122. The van der Waals surface area contributed by atoms with Crippen LogP contribution in [0, 0.1) is 12.8 Å². The molecule has 2 heterocycles. The van der Waals surface area contributed by atoms with E-state index < -0.39 is 5.92 Å². The first kappa shape index (κ1) is 18.8. The van der Waals surface area contributed by atoms with Crippen molar-refractivity contribution < 1.29 is 19.1 Å². The van der Waals surface area contributed by atoms with E-state index in [2.05, 4.69) is 5.32 Å². The standard InChI is InChI=1S/C19H19N3O4.ClH/c1-11-2-4-13(5-3-11)22-9-12(6-18(22)23)19(24)21-15-8-17-16(7-14(15)20)25-10-26-17;/h2-5,7-8,12H,6,9-10,20H2,1H3,(H,21,24);1H. The summed E-state index contributed by atoms with van der Waals surface area (Å²) in [6.07, 6.45) is 0.171. The fourth-order valence-electron chi connectivity index (χ4n) is 3.16. The Balaban J connectivity index is 0.00000210. The summed E-state index contributed by atoms with van der Waals surface area (Å²) in [7, 11) is 0. The van der Waals surface area contributed by atoms with Gasteiger partial charge in [-0.05, 0) is 19.1 Å². The quantitative estimate of drug-likeness (QED) is 0.787. The van der Waals surface area contributed by atoms with Crippen LogP contribution in [0.2, 0.25) is 0 Å². The normalized spacial score (nSPS) is 17.6. The second-order valence-corrected chi connectivity index (χ2v) is 6.52. The molecule has 4 rings (SSSR count). The highest BCUT2D eigenvalue weighted by molar-refractivity contribution is 6.04. The summed E-state index contributed by atoms with van der Waals surface area (Å²) in [4.78, 5) is 26.6. The van der Waals surface area contributed by atoms with Crippen LogP contribution in [0.5, 0.6) is 11.5 Å². The van der Waals surface area contributed by atoms with E-state index >= 15 is 0 Å². The zero-order valence-electron chi connectivity index (χ0n) is 14.7. The lowest BCUT2D eigenvalue weighted by Gasteiger charge is -2.17. The van der Waals surface area contributed by atoms with Crippen LogP contribution < -0.4 is 25.4 Å². The Morgan fingerprint density at radius 3 is 2.56 bits per heavy atom. The molecule has 2 aliphatic rings. The van der Waals surface area contributed by atoms with Gasteiger partial charge in [0.15, 0.2) is 11.5 Å². The molecule has 2 aliphatic heterocycles. The average Bonchev–Trinajstić information content (AvgIpc) is 3.22. The third kappa shape index (κ3) is 3.64. The number of nitrogens with two attached hydrogens (primary N) is 1. The van der Waals surface area contributed by atoms with E-state index in [1.54, 1.807) is 17.0 Å². The Hall–Kier alpha value is -2.93. The predicted octanol–water partition coefficient (Wildman–Crippen LogP) is 2.72. The average molecular weight is 390 g/mol. The van der Waals surface area contributed by atoms with Gasteiger partial charge in [-0.3, -0.25) is 9.59 Å². The maximum Gasteiger partial charge on any atom is 0.231 e. The molecule has 0 aliphatic carbocycles. The molecule has 7 nitrogen and oxygen atoms in total. The van der Waals surface area contributed by atoms with Crippen LogP contribution in [-0.2, 0) is 9.59 Å². The second kappa shape index (κ2) is 7.36. The number of halogens is 1. The predicted molar refractivity (Wildman–Crippen MR) is 104 cm³/mol.